The average molecular weight is 407 g/mol. The van der Waals surface area contributed by atoms with E-state index in [1.54, 1.807) is 7.05 Å². The van der Waals surface area contributed by atoms with Crippen molar-refractivity contribution in [3.8, 4) is 0 Å². The smallest absolute Gasteiger partial charge is 0.278 e. The number of rotatable bonds is 3. The fraction of sp³-hybridized carbons (Fsp3) is 0.188. The maximum Gasteiger partial charge on any atom is 0.278 e. The molecule has 2 aromatic rings. The Bertz CT molecular complexity index is 856. The Kier molecular flexibility index (Phi) is 4.60. The molecule has 1 aromatic carbocycles. The fourth-order valence-electron chi connectivity index (χ4n) is 2.42. The summed E-state index contributed by atoms with van der Waals surface area (Å²) in [6.07, 6.45) is 1.15. The number of aryl methyl sites for hydroxylation is 1. The number of anilines is 1. The van der Waals surface area contributed by atoms with E-state index in [4.69, 9.17) is 0 Å². The van der Waals surface area contributed by atoms with Crippen molar-refractivity contribution in [3.05, 3.63) is 57.7 Å². The number of aliphatic hydroxyl groups is 2. The van der Waals surface area contributed by atoms with E-state index in [0.29, 0.717) is 17.1 Å². The molecule has 0 spiro atoms. The van der Waals surface area contributed by atoms with Crippen LogP contribution in [0.3, 0.4) is 0 Å². The molecular formula is C16H15BrN4O4. The highest BCUT2D eigenvalue weighted by molar-refractivity contribution is 9.10. The Labute approximate surface area is 151 Å². The van der Waals surface area contributed by atoms with E-state index < -0.39 is 17.9 Å². The third-order valence-electron chi connectivity index (χ3n) is 3.61. The van der Waals surface area contributed by atoms with Crippen LogP contribution in [0.4, 0.5) is 5.69 Å². The number of aromatic nitrogens is 1. The monoisotopic (exact) mass is 406 g/mol. The molecular weight excluding hydrogens is 392 g/mol. The second kappa shape index (κ2) is 6.69. The van der Waals surface area contributed by atoms with Gasteiger partial charge in [-0.05, 0) is 30.7 Å². The number of amides is 1. The van der Waals surface area contributed by atoms with Crippen molar-refractivity contribution >= 4 is 33.4 Å². The molecule has 1 aromatic heterocycles. The maximum absolute atomic E-state index is 12.4. The summed E-state index contributed by atoms with van der Waals surface area (Å²) in [5, 5.41) is 26.4. The summed E-state index contributed by atoms with van der Waals surface area (Å²) >= 11 is 3.42. The number of aliphatic imine (C=N–C) groups is 1. The lowest BCUT2D eigenvalue weighted by Gasteiger charge is -2.31. The molecule has 3 rings (SSSR count). The number of amidine groups is 1. The highest BCUT2D eigenvalue weighted by Crippen LogP contribution is 2.24. The molecule has 0 saturated carbocycles. The number of likely N-dealkylation sites (N-methyl/N-ethyl adjacent to an activating group) is 1. The number of hydrogen-bond donors (Lipinski definition) is 3. The number of nitrogens with one attached hydrogen (secondary N) is 1. The van der Waals surface area contributed by atoms with Gasteiger partial charge in [0.1, 0.15) is 17.8 Å². The third kappa shape index (κ3) is 3.42. The van der Waals surface area contributed by atoms with Crippen molar-refractivity contribution in [2.75, 3.05) is 12.4 Å². The van der Waals surface area contributed by atoms with E-state index in [0.717, 1.165) is 10.0 Å². The Hall–Kier alpha value is -2.65. The first-order valence-corrected chi connectivity index (χ1v) is 8.07. The van der Waals surface area contributed by atoms with Crippen molar-refractivity contribution in [3.63, 3.8) is 0 Å². The van der Waals surface area contributed by atoms with E-state index in [9.17, 15) is 15.0 Å². The van der Waals surface area contributed by atoms with Crippen LogP contribution in [0.5, 0.6) is 0 Å². The minimum absolute atomic E-state index is 0.278. The number of carbonyl (C=O) groups excluding carboxylic acids is 1. The van der Waals surface area contributed by atoms with Crippen molar-refractivity contribution in [2.45, 2.75) is 13.2 Å². The van der Waals surface area contributed by atoms with Gasteiger partial charge in [-0.3, -0.25) is 4.79 Å². The van der Waals surface area contributed by atoms with Crippen LogP contribution in [0.1, 0.15) is 11.1 Å². The highest BCUT2D eigenvalue weighted by atomic mass is 79.9. The molecule has 0 aliphatic carbocycles. The van der Waals surface area contributed by atoms with Gasteiger partial charge < -0.3 is 25.0 Å². The molecule has 25 heavy (non-hydrogen) atoms. The zero-order valence-electron chi connectivity index (χ0n) is 13.4. The number of carbonyl (C=O) groups is 1. The van der Waals surface area contributed by atoms with Crippen LogP contribution >= 0.6 is 15.9 Å². The average Bonchev–Trinajstić information content (AvgIpc) is 3.04. The second-order valence-electron chi connectivity index (χ2n) is 5.54. The predicted octanol–water partition coefficient (Wildman–Crippen LogP) is 2.16. The van der Waals surface area contributed by atoms with E-state index in [2.05, 4.69) is 35.9 Å². The summed E-state index contributed by atoms with van der Waals surface area (Å²) in [4.78, 5) is 18.0. The molecule has 0 saturated heterocycles. The van der Waals surface area contributed by atoms with Gasteiger partial charge in [-0.2, -0.15) is 0 Å². The summed E-state index contributed by atoms with van der Waals surface area (Å²) in [7, 11) is 1.57. The number of halogens is 1. The topological polar surface area (TPSA) is 111 Å². The van der Waals surface area contributed by atoms with E-state index in [1.807, 2.05) is 25.1 Å². The van der Waals surface area contributed by atoms with Crippen LogP contribution in [0.15, 0.2) is 56.1 Å². The van der Waals surface area contributed by atoms with Gasteiger partial charge in [0.2, 0.25) is 0 Å². The second-order valence-corrected chi connectivity index (χ2v) is 6.45. The Morgan fingerprint density at radius 3 is 2.80 bits per heavy atom. The normalized spacial score (nSPS) is 17.5. The Morgan fingerprint density at radius 2 is 2.16 bits per heavy atom. The SMILES string of the molecule is Cc1cc(Br)cc(C2=NC(C(=O)Nc3cnoc3)=C(O)C(O)N2C)c1. The van der Waals surface area contributed by atoms with Crippen molar-refractivity contribution < 1.29 is 19.5 Å². The standard InChI is InChI=1S/C16H15BrN4O4/c1-8-3-9(5-10(17)4-8)14-20-12(13(22)16(24)21(14)2)15(23)19-11-6-18-25-7-11/h3-7,16,22,24H,1-2H3,(H,19,23). The van der Waals surface area contributed by atoms with Gasteiger partial charge in [-0.1, -0.05) is 21.1 Å². The lowest BCUT2D eigenvalue weighted by Crippen LogP contribution is -2.43. The van der Waals surface area contributed by atoms with E-state index >= 15 is 0 Å². The lowest BCUT2D eigenvalue weighted by molar-refractivity contribution is -0.113. The van der Waals surface area contributed by atoms with Gasteiger partial charge in [0.15, 0.2) is 17.7 Å². The van der Waals surface area contributed by atoms with Crippen molar-refractivity contribution in [1.82, 2.24) is 10.1 Å². The number of benzene rings is 1. The maximum atomic E-state index is 12.4. The highest BCUT2D eigenvalue weighted by Gasteiger charge is 2.32. The summed E-state index contributed by atoms with van der Waals surface area (Å²) in [6.45, 7) is 1.92. The molecule has 8 nitrogen and oxygen atoms in total. The molecule has 1 amide bonds. The fourth-order valence-corrected chi connectivity index (χ4v) is 3.03. The lowest BCUT2D eigenvalue weighted by atomic mass is 10.1. The number of hydrogen-bond acceptors (Lipinski definition) is 7. The van der Waals surface area contributed by atoms with Crippen LogP contribution in [0.2, 0.25) is 0 Å². The minimum Gasteiger partial charge on any atom is -0.506 e. The molecule has 0 fully saturated rings. The van der Waals surface area contributed by atoms with Gasteiger partial charge >= 0.3 is 0 Å². The zero-order valence-corrected chi connectivity index (χ0v) is 15.0. The van der Waals surface area contributed by atoms with E-state index in [-0.39, 0.29) is 5.70 Å². The summed E-state index contributed by atoms with van der Waals surface area (Å²) in [5.74, 6) is -0.867. The molecule has 1 aliphatic heterocycles. The van der Waals surface area contributed by atoms with E-state index in [1.165, 1.54) is 17.4 Å². The molecule has 1 aliphatic rings. The molecule has 2 heterocycles. The molecule has 130 valence electrons. The van der Waals surface area contributed by atoms with Crippen molar-refractivity contribution in [1.29, 1.82) is 0 Å². The third-order valence-corrected chi connectivity index (χ3v) is 4.07. The van der Waals surface area contributed by atoms with Crippen LogP contribution in [0, 0.1) is 6.92 Å². The van der Waals surface area contributed by atoms with Gasteiger partial charge in [0.05, 0.1) is 6.20 Å². The van der Waals surface area contributed by atoms with Crippen LogP contribution in [0.25, 0.3) is 0 Å². The summed E-state index contributed by atoms with van der Waals surface area (Å²) in [5.41, 5.74) is 1.70. The largest absolute Gasteiger partial charge is 0.506 e. The van der Waals surface area contributed by atoms with Crippen LogP contribution in [-0.2, 0) is 4.79 Å². The quantitative estimate of drug-likeness (QED) is 0.719. The molecule has 1 atom stereocenters. The number of nitrogens with zero attached hydrogens (tertiary/aromatic N) is 3. The van der Waals surface area contributed by atoms with Crippen LogP contribution in [-0.4, -0.2) is 45.3 Å². The first-order chi connectivity index (χ1) is 11.9. The number of aliphatic hydroxyl groups excluding tert-OH is 2. The first kappa shape index (κ1) is 17.2. The predicted molar refractivity (Wildman–Crippen MR) is 94.0 cm³/mol. The van der Waals surface area contributed by atoms with Crippen molar-refractivity contribution in [2.24, 2.45) is 4.99 Å². The molecule has 1 unspecified atom stereocenters. The minimum atomic E-state index is -1.39. The summed E-state index contributed by atoms with van der Waals surface area (Å²) < 4.78 is 5.48. The molecule has 3 N–H and O–H groups in total. The zero-order chi connectivity index (χ0) is 18.1. The molecule has 9 heteroatoms. The first-order valence-electron chi connectivity index (χ1n) is 7.28. The molecule has 0 radical (unpaired) electrons. The Balaban J connectivity index is 2.01. The molecule has 0 bridgehead atoms. The summed E-state index contributed by atoms with van der Waals surface area (Å²) in [6, 6.07) is 5.60. The van der Waals surface area contributed by atoms with Gasteiger partial charge in [0.25, 0.3) is 5.91 Å². The van der Waals surface area contributed by atoms with Gasteiger partial charge in [-0.25, -0.2) is 4.99 Å². The van der Waals surface area contributed by atoms with Gasteiger partial charge in [0, 0.05) is 17.1 Å². The van der Waals surface area contributed by atoms with Crippen LogP contribution < -0.4 is 5.32 Å². The van der Waals surface area contributed by atoms with Gasteiger partial charge in [-0.15, -0.1) is 0 Å². The Morgan fingerprint density at radius 1 is 1.40 bits per heavy atom.